The van der Waals surface area contributed by atoms with Crippen LogP contribution in [0.2, 0.25) is 0 Å². The number of ether oxygens (including phenoxy) is 1. The van der Waals surface area contributed by atoms with Gasteiger partial charge in [-0.2, -0.15) is 0 Å². The predicted molar refractivity (Wildman–Crippen MR) is 57.3 cm³/mol. The summed E-state index contributed by atoms with van der Waals surface area (Å²) in [6, 6.07) is 0.559. The minimum Gasteiger partial charge on any atom is -1.00 e. The van der Waals surface area contributed by atoms with Crippen LogP contribution in [0.4, 0.5) is 0 Å². The quantitative estimate of drug-likeness (QED) is 0.396. The number of hydrogen-bond donors (Lipinski definition) is 0. The van der Waals surface area contributed by atoms with Crippen LogP contribution in [0.1, 0.15) is 19.8 Å². The number of likely N-dealkylation sites (N-methyl/N-ethyl adjacent to an activating group) is 1. The zero-order chi connectivity index (χ0) is 10.3. The SMILES string of the molecule is C[C@H]1O[C@@H]([C@H]2CCC[N+]2(C)C)C[S@]1=O.[I-]. The summed E-state index contributed by atoms with van der Waals surface area (Å²) in [4.78, 5) is 0. The van der Waals surface area contributed by atoms with E-state index in [2.05, 4.69) is 14.1 Å². The molecule has 0 aromatic heterocycles. The highest BCUT2D eigenvalue weighted by atomic mass is 127. The Morgan fingerprint density at radius 2 is 2.07 bits per heavy atom. The fourth-order valence-electron chi connectivity index (χ4n) is 2.71. The highest BCUT2D eigenvalue weighted by molar-refractivity contribution is 7.85. The molecule has 0 amide bonds. The molecule has 90 valence electrons. The van der Waals surface area contributed by atoms with Crippen molar-refractivity contribution in [3.63, 3.8) is 0 Å². The van der Waals surface area contributed by atoms with Gasteiger partial charge in [0.15, 0.2) is 0 Å². The number of likely N-dealkylation sites (tertiary alicyclic amines) is 1. The molecule has 0 radical (unpaired) electrons. The summed E-state index contributed by atoms with van der Waals surface area (Å²) in [5.41, 5.74) is -0.0550. The summed E-state index contributed by atoms with van der Waals surface area (Å²) in [6.07, 6.45) is 2.73. The van der Waals surface area contributed by atoms with Crippen LogP contribution in [-0.2, 0) is 15.5 Å². The lowest BCUT2D eigenvalue weighted by Crippen LogP contribution is -3.00. The lowest BCUT2D eigenvalue weighted by atomic mass is 10.1. The van der Waals surface area contributed by atoms with Gasteiger partial charge in [0.1, 0.15) is 17.6 Å². The molecule has 2 aliphatic heterocycles. The van der Waals surface area contributed by atoms with Crippen LogP contribution >= 0.6 is 0 Å². The van der Waals surface area contributed by atoms with Gasteiger partial charge in [-0.05, 0) is 6.92 Å². The average Bonchev–Trinajstić information content (AvgIpc) is 2.56. The van der Waals surface area contributed by atoms with Crippen LogP contribution in [-0.4, -0.2) is 52.7 Å². The van der Waals surface area contributed by atoms with Crippen molar-refractivity contribution < 1.29 is 37.4 Å². The minimum absolute atomic E-state index is 0. The van der Waals surface area contributed by atoms with Gasteiger partial charge < -0.3 is 33.2 Å². The Bertz CT molecular complexity index is 260. The van der Waals surface area contributed by atoms with Gasteiger partial charge >= 0.3 is 0 Å². The van der Waals surface area contributed by atoms with Crippen LogP contribution in [0.3, 0.4) is 0 Å². The Hall–Kier alpha value is 0.800. The number of hydrogen-bond acceptors (Lipinski definition) is 2. The average molecular weight is 345 g/mol. The standard InChI is InChI=1S/C10H20NO2S.HI/c1-8-13-10(7-14(8)12)9-5-4-6-11(9,2)3;/h8-10H,4-7H2,1-3H3;1H/q+1;/p-1/t8-,9+,10+,14+;/m0./s1. The molecule has 2 heterocycles. The molecule has 0 bridgehead atoms. The molecule has 0 aliphatic carbocycles. The third-order valence-corrected chi connectivity index (χ3v) is 5.14. The number of rotatable bonds is 1. The molecule has 0 aromatic rings. The third-order valence-electron chi connectivity index (χ3n) is 3.63. The van der Waals surface area contributed by atoms with Crippen molar-refractivity contribution in [1.82, 2.24) is 0 Å². The maximum Gasteiger partial charge on any atom is 0.130 e. The maximum atomic E-state index is 11.5. The van der Waals surface area contributed by atoms with Crippen molar-refractivity contribution in [2.24, 2.45) is 0 Å². The fraction of sp³-hybridized carbons (Fsp3) is 1.00. The Morgan fingerprint density at radius 3 is 2.47 bits per heavy atom. The molecule has 0 aromatic carbocycles. The Balaban J connectivity index is 0.00000112. The van der Waals surface area contributed by atoms with E-state index in [1.165, 1.54) is 19.4 Å². The van der Waals surface area contributed by atoms with Crippen molar-refractivity contribution in [2.75, 3.05) is 26.4 Å². The van der Waals surface area contributed by atoms with E-state index in [-0.39, 0.29) is 35.5 Å². The summed E-state index contributed by atoms with van der Waals surface area (Å²) in [5, 5.41) is 0. The van der Waals surface area contributed by atoms with Gasteiger partial charge in [-0.15, -0.1) is 0 Å². The first kappa shape index (κ1) is 13.9. The molecule has 2 rings (SSSR count). The number of quaternary nitrogens is 1. The zero-order valence-corrected chi connectivity index (χ0v) is 12.6. The Labute approximate surface area is 112 Å². The molecule has 0 N–H and O–H groups in total. The molecular weight excluding hydrogens is 325 g/mol. The molecule has 0 saturated carbocycles. The van der Waals surface area contributed by atoms with Crippen LogP contribution in [0, 0.1) is 0 Å². The second-order valence-electron chi connectivity index (χ2n) is 5.00. The van der Waals surface area contributed by atoms with Crippen molar-refractivity contribution in [3.8, 4) is 0 Å². The van der Waals surface area contributed by atoms with E-state index in [0.717, 1.165) is 10.2 Å². The second kappa shape index (κ2) is 4.98. The van der Waals surface area contributed by atoms with Crippen molar-refractivity contribution in [3.05, 3.63) is 0 Å². The zero-order valence-electron chi connectivity index (χ0n) is 9.61. The van der Waals surface area contributed by atoms with Gasteiger partial charge in [0, 0.05) is 12.8 Å². The maximum absolute atomic E-state index is 11.5. The molecule has 3 nitrogen and oxygen atoms in total. The molecular formula is C10H20INO2S. The molecule has 4 atom stereocenters. The number of halogens is 1. The van der Waals surface area contributed by atoms with E-state index in [1.54, 1.807) is 0 Å². The molecule has 2 fully saturated rings. The molecule has 2 saturated heterocycles. The van der Waals surface area contributed by atoms with Gasteiger partial charge in [-0.3, -0.25) is 4.21 Å². The molecule has 5 heteroatoms. The van der Waals surface area contributed by atoms with Gasteiger partial charge in [0.25, 0.3) is 0 Å². The van der Waals surface area contributed by atoms with Gasteiger partial charge in [-0.25, -0.2) is 0 Å². The smallest absolute Gasteiger partial charge is 0.130 e. The van der Waals surface area contributed by atoms with E-state index in [0.29, 0.717) is 6.04 Å². The Morgan fingerprint density at radius 1 is 1.40 bits per heavy atom. The fourth-order valence-corrected chi connectivity index (χ4v) is 3.87. The molecule has 2 aliphatic rings. The normalized spacial score (nSPS) is 43.9. The van der Waals surface area contributed by atoms with Crippen molar-refractivity contribution in [1.29, 1.82) is 0 Å². The first-order chi connectivity index (χ1) is 6.50. The summed E-state index contributed by atoms with van der Waals surface area (Å²) in [7, 11) is 3.75. The summed E-state index contributed by atoms with van der Waals surface area (Å²) >= 11 is 0. The second-order valence-corrected chi connectivity index (χ2v) is 6.76. The van der Waals surface area contributed by atoms with E-state index >= 15 is 0 Å². The predicted octanol–water partition coefficient (Wildman–Crippen LogP) is -2.28. The monoisotopic (exact) mass is 345 g/mol. The molecule has 15 heavy (non-hydrogen) atoms. The van der Waals surface area contributed by atoms with Gasteiger partial charge in [-0.1, -0.05) is 0 Å². The first-order valence-corrected chi connectivity index (χ1v) is 6.74. The van der Waals surface area contributed by atoms with Crippen LogP contribution in [0.25, 0.3) is 0 Å². The summed E-state index contributed by atoms with van der Waals surface area (Å²) < 4.78 is 18.3. The van der Waals surface area contributed by atoms with Crippen LogP contribution in [0.5, 0.6) is 0 Å². The van der Waals surface area contributed by atoms with Crippen LogP contribution in [0.15, 0.2) is 0 Å². The Kier molecular flexibility index (Phi) is 4.60. The van der Waals surface area contributed by atoms with Gasteiger partial charge in [0.2, 0.25) is 0 Å². The third kappa shape index (κ3) is 2.73. The summed E-state index contributed by atoms with van der Waals surface area (Å²) in [6.45, 7) is 3.15. The van der Waals surface area contributed by atoms with Crippen molar-refractivity contribution in [2.45, 2.75) is 37.3 Å². The molecule has 0 unspecified atom stereocenters. The lowest BCUT2D eigenvalue weighted by molar-refractivity contribution is -0.905. The highest BCUT2D eigenvalue weighted by Crippen LogP contribution is 2.30. The lowest BCUT2D eigenvalue weighted by Gasteiger charge is -2.34. The van der Waals surface area contributed by atoms with E-state index < -0.39 is 10.8 Å². The number of nitrogens with zero attached hydrogens (tertiary/aromatic N) is 1. The highest BCUT2D eigenvalue weighted by Gasteiger charge is 2.45. The minimum atomic E-state index is -0.759. The van der Waals surface area contributed by atoms with Crippen molar-refractivity contribution >= 4 is 10.8 Å². The van der Waals surface area contributed by atoms with Gasteiger partial charge in [0.05, 0.1) is 37.2 Å². The van der Waals surface area contributed by atoms with E-state index in [1.807, 2.05) is 6.92 Å². The largest absolute Gasteiger partial charge is 1.00 e. The first-order valence-electron chi connectivity index (χ1n) is 5.36. The summed E-state index contributed by atoms with van der Waals surface area (Å²) in [5.74, 6) is 0.744. The molecule has 0 spiro atoms. The van der Waals surface area contributed by atoms with E-state index in [4.69, 9.17) is 4.74 Å². The van der Waals surface area contributed by atoms with Crippen LogP contribution < -0.4 is 24.0 Å². The topological polar surface area (TPSA) is 26.3 Å². The van der Waals surface area contributed by atoms with E-state index in [9.17, 15) is 4.21 Å².